The van der Waals surface area contributed by atoms with Crippen LogP contribution >= 0.6 is 0 Å². The molecule has 1 aromatic heterocycles. The lowest BCUT2D eigenvalue weighted by atomic mass is 10.0. The number of carboxylic acids is 1. The number of rotatable bonds is 5. The molecule has 1 aliphatic rings. The van der Waals surface area contributed by atoms with Crippen molar-refractivity contribution >= 4 is 22.6 Å². The molecular formula is C19H25N3O4. The standard InChI is InChI=1S/C19H25N3O4/c1-4-21-10-14(19(24)25)17(23)13-5-6-15(18(26-3)16(13)21)22-8-7-12(9-22)11(2)20/h5-6,10-12H,4,7-9,20H2,1-3H3,(H,24,25)/t11-,12+/m0/s1. The topological polar surface area (TPSA) is 97.8 Å². The Morgan fingerprint density at radius 1 is 1.46 bits per heavy atom. The summed E-state index contributed by atoms with van der Waals surface area (Å²) in [4.78, 5) is 26.2. The number of anilines is 1. The summed E-state index contributed by atoms with van der Waals surface area (Å²) in [7, 11) is 1.58. The number of nitrogens with two attached hydrogens (primary N) is 1. The molecule has 0 bridgehead atoms. The first-order chi connectivity index (χ1) is 12.4. The van der Waals surface area contributed by atoms with Gasteiger partial charge in [-0.25, -0.2) is 4.79 Å². The smallest absolute Gasteiger partial charge is 0.341 e. The van der Waals surface area contributed by atoms with Crippen molar-refractivity contribution in [1.29, 1.82) is 0 Å². The van der Waals surface area contributed by atoms with Crippen LogP contribution in [-0.2, 0) is 6.54 Å². The van der Waals surface area contributed by atoms with Gasteiger partial charge in [-0.05, 0) is 38.3 Å². The minimum atomic E-state index is -1.22. The lowest BCUT2D eigenvalue weighted by Crippen LogP contribution is -2.30. The van der Waals surface area contributed by atoms with E-state index in [4.69, 9.17) is 10.5 Å². The van der Waals surface area contributed by atoms with Crippen LogP contribution in [0.2, 0.25) is 0 Å². The molecule has 3 rings (SSSR count). The van der Waals surface area contributed by atoms with Crippen LogP contribution in [0.4, 0.5) is 5.69 Å². The minimum absolute atomic E-state index is 0.124. The Morgan fingerprint density at radius 3 is 2.73 bits per heavy atom. The van der Waals surface area contributed by atoms with Crippen LogP contribution in [0.3, 0.4) is 0 Å². The lowest BCUT2D eigenvalue weighted by molar-refractivity contribution is 0.0695. The minimum Gasteiger partial charge on any atom is -0.492 e. The number of fused-ring (bicyclic) bond motifs is 1. The Morgan fingerprint density at radius 2 is 2.19 bits per heavy atom. The van der Waals surface area contributed by atoms with Crippen molar-refractivity contribution in [2.24, 2.45) is 11.7 Å². The zero-order valence-electron chi connectivity index (χ0n) is 15.4. The number of hydrogen-bond donors (Lipinski definition) is 2. The molecule has 2 aromatic rings. The van der Waals surface area contributed by atoms with Gasteiger partial charge in [0.25, 0.3) is 0 Å². The SMILES string of the molecule is CCn1cc(C(=O)O)c(=O)c2ccc(N3CC[C@@H]([C@H](C)N)C3)c(OC)c21. The molecule has 0 amide bonds. The number of aromatic nitrogens is 1. The van der Waals surface area contributed by atoms with Crippen LogP contribution in [0.25, 0.3) is 10.9 Å². The fourth-order valence-electron chi connectivity index (χ4n) is 3.74. The summed E-state index contributed by atoms with van der Waals surface area (Å²) >= 11 is 0. The number of hydrogen-bond acceptors (Lipinski definition) is 5. The molecule has 7 heteroatoms. The van der Waals surface area contributed by atoms with Gasteiger partial charge >= 0.3 is 5.97 Å². The number of aryl methyl sites for hydroxylation is 1. The molecule has 140 valence electrons. The lowest BCUT2D eigenvalue weighted by Gasteiger charge is -2.24. The fourth-order valence-corrected chi connectivity index (χ4v) is 3.74. The van der Waals surface area contributed by atoms with Crippen molar-refractivity contribution in [2.45, 2.75) is 32.9 Å². The number of methoxy groups -OCH3 is 1. The quantitative estimate of drug-likeness (QED) is 0.846. The number of ether oxygens (including phenoxy) is 1. The van der Waals surface area contributed by atoms with Crippen molar-refractivity contribution in [3.05, 3.63) is 34.1 Å². The highest BCUT2D eigenvalue weighted by molar-refractivity contribution is 5.96. The molecule has 0 unspecified atom stereocenters. The van der Waals surface area contributed by atoms with Crippen molar-refractivity contribution < 1.29 is 14.6 Å². The molecular weight excluding hydrogens is 334 g/mol. The van der Waals surface area contributed by atoms with E-state index in [1.54, 1.807) is 17.7 Å². The number of pyridine rings is 1. The second-order valence-electron chi connectivity index (χ2n) is 6.83. The van der Waals surface area contributed by atoms with Crippen LogP contribution < -0.4 is 20.8 Å². The summed E-state index contributed by atoms with van der Waals surface area (Å²) in [6.07, 6.45) is 2.41. The van der Waals surface area contributed by atoms with Gasteiger partial charge in [-0.3, -0.25) is 4.79 Å². The summed E-state index contributed by atoms with van der Waals surface area (Å²) in [5.41, 5.74) is 6.87. The third-order valence-corrected chi connectivity index (χ3v) is 5.26. The van der Waals surface area contributed by atoms with Gasteiger partial charge in [-0.1, -0.05) is 0 Å². The maximum atomic E-state index is 12.6. The van der Waals surface area contributed by atoms with Crippen molar-refractivity contribution in [3.63, 3.8) is 0 Å². The summed E-state index contributed by atoms with van der Waals surface area (Å²) in [5, 5.41) is 9.67. The Labute approximate surface area is 152 Å². The van der Waals surface area contributed by atoms with Gasteiger partial charge in [0.15, 0.2) is 5.75 Å². The van der Waals surface area contributed by atoms with E-state index in [1.807, 2.05) is 19.9 Å². The second-order valence-corrected chi connectivity index (χ2v) is 6.83. The van der Waals surface area contributed by atoms with E-state index in [0.717, 1.165) is 25.2 Å². The fraction of sp³-hybridized carbons (Fsp3) is 0.474. The molecule has 2 atom stereocenters. The summed E-state index contributed by atoms with van der Waals surface area (Å²) < 4.78 is 7.45. The van der Waals surface area contributed by atoms with E-state index in [1.165, 1.54) is 6.20 Å². The molecule has 0 saturated carbocycles. The zero-order valence-corrected chi connectivity index (χ0v) is 15.4. The summed E-state index contributed by atoms with van der Waals surface area (Å²) in [5.74, 6) is -0.205. The van der Waals surface area contributed by atoms with E-state index in [9.17, 15) is 14.7 Å². The Balaban J connectivity index is 2.21. The van der Waals surface area contributed by atoms with Crippen LogP contribution in [0, 0.1) is 5.92 Å². The predicted octanol–water partition coefficient (Wildman–Crippen LogP) is 1.90. The molecule has 1 fully saturated rings. The summed E-state index contributed by atoms with van der Waals surface area (Å²) in [6, 6.07) is 3.67. The number of benzene rings is 1. The molecule has 2 heterocycles. The number of nitrogens with zero attached hydrogens (tertiary/aromatic N) is 2. The highest BCUT2D eigenvalue weighted by Gasteiger charge is 2.28. The molecule has 3 N–H and O–H groups in total. The maximum Gasteiger partial charge on any atom is 0.341 e. The van der Waals surface area contributed by atoms with Gasteiger partial charge in [0.1, 0.15) is 5.56 Å². The Bertz CT molecular complexity index is 904. The first-order valence-corrected chi connectivity index (χ1v) is 8.87. The molecule has 0 spiro atoms. The van der Waals surface area contributed by atoms with Gasteiger partial charge in [-0.2, -0.15) is 0 Å². The van der Waals surface area contributed by atoms with Crippen LogP contribution in [0.15, 0.2) is 23.1 Å². The first kappa shape index (κ1) is 18.3. The predicted molar refractivity (Wildman–Crippen MR) is 101 cm³/mol. The maximum absolute atomic E-state index is 12.6. The van der Waals surface area contributed by atoms with E-state index in [2.05, 4.69) is 4.90 Å². The van der Waals surface area contributed by atoms with E-state index in [0.29, 0.717) is 29.1 Å². The van der Waals surface area contributed by atoms with Crippen LogP contribution in [-0.4, -0.2) is 41.9 Å². The monoisotopic (exact) mass is 359 g/mol. The number of carbonyl (C=O) groups is 1. The molecule has 26 heavy (non-hydrogen) atoms. The average Bonchev–Trinajstić information content (AvgIpc) is 3.11. The second kappa shape index (κ2) is 6.99. The van der Waals surface area contributed by atoms with Gasteiger partial charge in [-0.15, -0.1) is 0 Å². The molecule has 0 radical (unpaired) electrons. The first-order valence-electron chi connectivity index (χ1n) is 8.87. The van der Waals surface area contributed by atoms with Gasteiger partial charge in [0.05, 0.1) is 23.7 Å². The number of carboxylic acid groups (broad SMARTS) is 1. The van der Waals surface area contributed by atoms with E-state index < -0.39 is 11.4 Å². The Kier molecular flexibility index (Phi) is 4.91. The molecule has 1 aromatic carbocycles. The molecule has 7 nitrogen and oxygen atoms in total. The largest absolute Gasteiger partial charge is 0.492 e. The highest BCUT2D eigenvalue weighted by Crippen LogP contribution is 2.38. The van der Waals surface area contributed by atoms with Gasteiger partial charge < -0.3 is 25.0 Å². The molecule has 1 saturated heterocycles. The van der Waals surface area contributed by atoms with Gasteiger partial charge in [0.2, 0.25) is 5.43 Å². The third-order valence-electron chi connectivity index (χ3n) is 5.26. The van der Waals surface area contributed by atoms with Crippen LogP contribution in [0.5, 0.6) is 5.75 Å². The Hall–Kier alpha value is -2.54. The molecule has 0 aliphatic carbocycles. The normalized spacial score (nSPS) is 18.3. The number of aromatic carboxylic acids is 1. The summed E-state index contributed by atoms with van der Waals surface area (Å²) in [6.45, 7) is 6.16. The van der Waals surface area contributed by atoms with Crippen LogP contribution in [0.1, 0.15) is 30.6 Å². The van der Waals surface area contributed by atoms with E-state index >= 15 is 0 Å². The van der Waals surface area contributed by atoms with Gasteiger partial charge in [0, 0.05) is 31.9 Å². The van der Waals surface area contributed by atoms with Crippen molar-refractivity contribution in [2.75, 3.05) is 25.1 Å². The van der Waals surface area contributed by atoms with E-state index in [-0.39, 0.29) is 11.6 Å². The zero-order chi connectivity index (χ0) is 19.0. The third kappa shape index (κ3) is 2.92. The van der Waals surface area contributed by atoms with Crippen molar-refractivity contribution in [3.8, 4) is 5.75 Å². The highest BCUT2D eigenvalue weighted by atomic mass is 16.5. The average molecular weight is 359 g/mol. The molecule has 1 aliphatic heterocycles. The van der Waals surface area contributed by atoms with Crippen molar-refractivity contribution in [1.82, 2.24) is 4.57 Å².